The van der Waals surface area contributed by atoms with E-state index in [1.807, 2.05) is 4.90 Å². The number of hydrogen-bond donors (Lipinski definition) is 0. The van der Waals surface area contributed by atoms with Gasteiger partial charge in [0.2, 0.25) is 11.7 Å². The van der Waals surface area contributed by atoms with Crippen molar-refractivity contribution in [3.05, 3.63) is 41.5 Å². The Morgan fingerprint density at radius 2 is 2.04 bits per heavy atom. The van der Waals surface area contributed by atoms with E-state index in [1.54, 1.807) is 31.2 Å². The monoisotopic (exact) mass is 344 g/mol. The van der Waals surface area contributed by atoms with Crippen molar-refractivity contribution >= 4 is 5.91 Å². The van der Waals surface area contributed by atoms with Crippen LogP contribution in [0.5, 0.6) is 5.75 Å². The Balaban J connectivity index is 1.59. The molecule has 134 valence electrons. The summed E-state index contributed by atoms with van der Waals surface area (Å²) in [4.78, 5) is 20.9. The Kier molecular flexibility index (Phi) is 5.03. The van der Waals surface area contributed by atoms with Gasteiger partial charge in [-0.1, -0.05) is 12.1 Å². The van der Waals surface area contributed by atoms with Crippen molar-refractivity contribution in [3.63, 3.8) is 0 Å². The largest absolute Gasteiger partial charge is 0.485 e. The van der Waals surface area contributed by atoms with Gasteiger partial charge in [0.1, 0.15) is 5.75 Å². The number of carbonyl (C=O) groups excluding carboxylic acids is 1. The highest BCUT2D eigenvalue weighted by molar-refractivity contribution is 5.94. The normalized spacial score (nSPS) is 20.3. The zero-order valence-corrected chi connectivity index (χ0v) is 15.1. The summed E-state index contributed by atoms with van der Waals surface area (Å²) in [5, 5.41) is 3.78. The van der Waals surface area contributed by atoms with Crippen LogP contribution in [0.25, 0.3) is 0 Å². The number of nitrogens with zero attached hydrogens (tertiary/aromatic N) is 4. The first-order valence-electron chi connectivity index (χ1n) is 8.42. The maximum absolute atomic E-state index is 12.7. The number of rotatable bonds is 5. The number of hydrogen-bond acceptors (Lipinski definition) is 6. The van der Waals surface area contributed by atoms with Crippen LogP contribution < -0.4 is 4.74 Å². The minimum Gasteiger partial charge on any atom is -0.485 e. The van der Waals surface area contributed by atoms with Crippen LogP contribution in [0.3, 0.4) is 0 Å². The van der Waals surface area contributed by atoms with E-state index in [2.05, 4.69) is 36.1 Å². The van der Waals surface area contributed by atoms with Gasteiger partial charge in [0.25, 0.3) is 5.91 Å². The highest BCUT2D eigenvalue weighted by Crippen LogP contribution is 2.23. The Labute approximate surface area is 147 Å². The predicted molar refractivity (Wildman–Crippen MR) is 92.4 cm³/mol. The van der Waals surface area contributed by atoms with E-state index in [-0.39, 0.29) is 12.5 Å². The number of benzene rings is 1. The van der Waals surface area contributed by atoms with Gasteiger partial charge in [-0.05, 0) is 44.3 Å². The molecule has 2 aromatic rings. The van der Waals surface area contributed by atoms with Gasteiger partial charge >= 0.3 is 0 Å². The lowest BCUT2D eigenvalue weighted by molar-refractivity contribution is 0.0781. The molecule has 2 heterocycles. The average Bonchev–Trinajstić information content (AvgIpc) is 3.18. The van der Waals surface area contributed by atoms with E-state index in [0.29, 0.717) is 35.0 Å². The Morgan fingerprint density at radius 3 is 2.60 bits per heavy atom. The number of likely N-dealkylation sites (N-methyl/N-ethyl adjacent to an activating group) is 1. The van der Waals surface area contributed by atoms with E-state index in [4.69, 9.17) is 9.26 Å². The maximum Gasteiger partial charge on any atom is 0.253 e. The first-order valence-corrected chi connectivity index (χ1v) is 8.42. The summed E-state index contributed by atoms with van der Waals surface area (Å²) >= 11 is 0. The van der Waals surface area contributed by atoms with Crippen LogP contribution in [-0.4, -0.2) is 59.1 Å². The van der Waals surface area contributed by atoms with Gasteiger partial charge in [-0.25, -0.2) is 0 Å². The SMILES string of the molecule is Cc1nc(COc2ccc(C(=O)N3CC(C)C(N(C)C)C3)cc2)no1. The molecule has 1 aromatic heterocycles. The van der Waals surface area contributed by atoms with E-state index in [0.717, 1.165) is 13.1 Å². The summed E-state index contributed by atoms with van der Waals surface area (Å²) in [6, 6.07) is 7.59. The van der Waals surface area contributed by atoms with Crippen molar-refractivity contribution in [2.75, 3.05) is 27.2 Å². The van der Waals surface area contributed by atoms with Gasteiger partial charge in [-0.3, -0.25) is 4.79 Å². The summed E-state index contributed by atoms with van der Waals surface area (Å²) in [6.07, 6.45) is 0. The molecule has 3 rings (SSSR count). The third-order valence-corrected chi connectivity index (χ3v) is 4.56. The smallest absolute Gasteiger partial charge is 0.253 e. The van der Waals surface area contributed by atoms with Crippen LogP contribution in [-0.2, 0) is 6.61 Å². The Hall–Kier alpha value is -2.41. The van der Waals surface area contributed by atoms with Crippen LogP contribution in [0.4, 0.5) is 0 Å². The van der Waals surface area contributed by atoms with Crippen LogP contribution in [0.1, 0.15) is 29.0 Å². The topological polar surface area (TPSA) is 71.7 Å². The van der Waals surface area contributed by atoms with E-state index in [9.17, 15) is 4.79 Å². The average molecular weight is 344 g/mol. The molecule has 0 aliphatic carbocycles. The molecule has 1 aliphatic rings. The zero-order valence-electron chi connectivity index (χ0n) is 15.1. The van der Waals surface area contributed by atoms with Gasteiger partial charge in [0.15, 0.2) is 6.61 Å². The molecular weight excluding hydrogens is 320 g/mol. The van der Waals surface area contributed by atoms with Crippen molar-refractivity contribution in [2.24, 2.45) is 5.92 Å². The second-order valence-electron chi connectivity index (χ2n) is 6.76. The number of ether oxygens (including phenoxy) is 1. The summed E-state index contributed by atoms with van der Waals surface area (Å²) < 4.78 is 10.5. The third-order valence-electron chi connectivity index (χ3n) is 4.56. The lowest BCUT2D eigenvalue weighted by Crippen LogP contribution is -2.35. The number of carbonyl (C=O) groups is 1. The van der Waals surface area contributed by atoms with Crippen molar-refractivity contribution < 1.29 is 14.1 Å². The number of aromatic nitrogens is 2. The minimum atomic E-state index is 0.0662. The molecule has 25 heavy (non-hydrogen) atoms. The molecule has 2 atom stereocenters. The molecule has 1 amide bonds. The molecule has 0 radical (unpaired) electrons. The summed E-state index contributed by atoms with van der Waals surface area (Å²) in [7, 11) is 4.12. The Morgan fingerprint density at radius 1 is 1.32 bits per heavy atom. The molecule has 7 nitrogen and oxygen atoms in total. The van der Waals surface area contributed by atoms with Crippen LogP contribution in [0.15, 0.2) is 28.8 Å². The van der Waals surface area contributed by atoms with Crippen molar-refractivity contribution in [1.82, 2.24) is 19.9 Å². The molecule has 2 unspecified atom stereocenters. The second-order valence-corrected chi connectivity index (χ2v) is 6.76. The highest BCUT2D eigenvalue weighted by Gasteiger charge is 2.33. The second kappa shape index (κ2) is 7.23. The summed E-state index contributed by atoms with van der Waals surface area (Å²) in [5.41, 5.74) is 0.675. The molecule has 1 saturated heterocycles. The molecule has 1 aliphatic heterocycles. The summed E-state index contributed by atoms with van der Waals surface area (Å²) in [6.45, 7) is 5.71. The van der Waals surface area contributed by atoms with Gasteiger partial charge < -0.3 is 19.1 Å². The highest BCUT2D eigenvalue weighted by atomic mass is 16.5. The number of amides is 1. The van der Waals surface area contributed by atoms with Crippen molar-refractivity contribution in [1.29, 1.82) is 0 Å². The molecule has 0 bridgehead atoms. The van der Waals surface area contributed by atoms with Gasteiger partial charge in [0, 0.05) is 31.6 Å². The first-order chi connectivity index (χ1) is 11.9. The fourth-order valence-electron chi connectivity index (χ4n) is 3.21. The lowest BCUT2D eigenvalue weighted by Gasteiger charge is -2.22. The lowest BCUT2D eigenvalue weighted by atomic mass is 10.1. The molecule has 1 aromatic carbocycles. The van der Waals surface area contributed by atoms with E-state index < -0.39 is 0 Å². The fourth-order valence-corrected chi connectivity index (χ4v) is 3.21. The van der Waals surface area contributed by atoms with Crippen LogP contribution >= 0.6 is 0 Å². The zero-order chi connectivity index (χ0) is 18.0. The molecule has 7 heteroatoms. The van der Waals surface area contributed by atoms with E-state index in [1.165, 1.54) is 0 Å². The minimum absolute atomic E-state index is 0.0662. The fraction of sp³-hybridized carbons (Fsp3) is 0.500. The quantitative estimate of drug-likeness (QED) is 0.826. The number of likely N-dealkylation sites (tertiary alicyclic amines) is 1. The van der Waals surface area contributed by atoms with Gasteiger partial charge in [0.05, 0.1) is 0 Å². The number of aryl methyl sites for hydroxylation is 1. The molecule has 0 saturated carbocycles. The van der Waals surface area contributed by atoms with Gasteiger partial charge in [-0.2, -0.15) is 4.98 Å². The first kappa shape index (κ1) is 17.4. The molecule has 0 N–H and O–H groups in total. The standard InChI is InChI=1S/C18H24N4O3/c1-12-9-22(10-16(12)21(3)4)18(23)14-5-7-15(8-6-14)24-11-17-19-13(2)25-20-17/h5-8,12,16H,9-11H2,1-4H3. The Bertz CT molecular complexity index is 726. The third kappa shape index (κ3) is 3.99. The van der Waals surface area contributed by atoms with Gasteiger partial charge in [-0.15, -0.1) is 0 Å². The summed E-state index contributed by atoms with van der Waals surface area (Å²) in [5.74, 6) is 2.21. The predicted octanol–water partition coefficient (Wildman–Crippen LogP) is 1.98. The van der Waals surface area contributed by atoms with Crippen molar-refractivity contribution in [3.8, 4) is 5.75 Å². The molecule has 0 spiro atoms. The maximum atomic E-state index is 12.7. The van der Waals surface area contributed by atoms with Crippen LogP contribution in [0.2, 0.25) is 0 Å². The van der Waals surface area contributed by atoms with Crippen molar-refractivity contribution in [2.45, 2.75) is 26.5 Å². The molecular formula is C18H24N4O3. The van der Waals surface area contributed by atoms with Crippen LogP contribution in [0, 0.1) is 12.8 Å². The van der Waals surface area contributed by atoms with E-state index >= 15 is 0 Å². The molecule has 1 fully saturated rings.